The Labute approximate surface area is 125 Å². The van der Waals surface area contributed by atoms with Gasteiger partial charge in [-0.2, -0.15) is 0 Å². The molecule has 0 fully saturated rings. The van der Waals surface area contributed by atoms with Crippen LogP contribution in [0.15, 0.2) is 64.8 Å². The summed E-state index contributed by atoms with van der Waals surface area (Å²) < 4.78 is 0. The van der Waals surface area contributed by atoms with Crippen LogP contribution in [-0.2, 0) is 0 Å². The molecule has 4 nitrogen and oxygen atoms in total. The minimum Gasteiger partial charge on any atom is -0.399 e. The number of H-pyrrole nitrogens is 1. The predicted octanol–water partition coefficient (Wildman–Crippen LogP) is 3.84. The maximum atomic E-state index is 5.80. The molecular weight excluding hydrogens is 280 g/mol. The maximum absolute atomic E-state index is 5.80. The van der Waals surface area contributed by atoms with Crippen LogP contribution >= 0.6 is 11.8 Å². The van der Waals surface area contributed by atoms with Crippen LogP contribution in [0.4, 0.5) is 5.69 Å². The molecule has 0 radical (unpaired) electrons. The number of fused-ring (bicyclic) bond motifs is 2. The third-order valence-corrected chi connectivity index (χ3v) is 4.26. The fraction of sp³-hybridized carbons (Fsp3) is 0. The van der Waals surface area contributed by atoms with Crippen LogP contribution in [0.1, 0.15) is 0 Å². The van der Waals surface area contributed by atoms with E-state index in [-0.39, 0.29) is 0 Å². The fourth-order valence-corrected chi connectivity index (χ4v) is 3.24. The number of anilines is 1. The van der Waals surface area contributed by atoms with E-state index in [2.05, 4.69) is 21.0 Å². The largest absolute Gasteiger partial charge is 0.399 e. The molecule has 0 amide bonds. The molecule has 0 spiro atoms. The molecule has 0 saturated heterocycles. The minimum absolute atomic E-state index is 0.733. The van der Waals surface area contributed by atoms with E-state index < -0.39 is 0 Å². The van der Waals surface area contributed by atoms with Crippen molar-refractivity contribution in [1.82, 2.24) is 15.0 Å². The zero-order chi connectivity index (χ0) is 14.2. The Balaban J connectivity index is 1.79. The first kappa shape index (κ1) is 12.2. The van der Waals surface area contributed by atoms with Gasteiger partial charge in [0.25, 0.3) is 0 Å². The summed E-state index contributed by atoms with van der Waals surface area (Å²) in [6, 6.07) is 15.8. The average molecular weight is 292 g/mol. The molecule has 0 saturated carbocycles. The lowest BCUT2D eigenvalue weighted by molar-refractivity contribution is 1.08. The molecule has 0 bridgehead atoms. The minimum atomic E-state index is 0.733. The lowest BCUT2D eigenvalue weighted by Crippen LogP contribution is -1.82. The smallest absolute Gasteiger partial charge is 0.171 e. The topological polar surface area (TPSA) is 67.6 Å². The van der Waals surface area contributed by atoms with Gasteiger partial charge in [0.2, 0.25) is 0 Å². The number of aromatic amines is 1. The van der Waals surface area contributed by atoms with Crippen molar-refractivity contribution < 1.29 is 0 Å². The number of nitrogens with one attached hydrogen (secondary N) is 1. The molecular formula is C16H12N4S. The predicted molar refractivity (Wildman–Crippen MR) is 86.4 cm³/mol. The molecule has 2 aromatic heterocycles. The highest BCUT2D eigenvalue weighted by Gasteiger charge is 2.08. The molecule has 4 rings (SSSR count). The molecule has 0 atom stereocenters. The highest BCUT2D eigenvalue weighted by Crippen LogP contribution is 2.32. The fourth-order valence-electron chi connectivity index (χ4n) is 2.31. The van der Waals surface area contributed by atoms with Gasteiger partial charge in [-0.05, 0) is 30.3 Å². The van der Waals surface area contributed by atoms with Crippen LogP contribution in [0.25, 0.3) is 21.9 Å². The number of pyridine rings is 1. The Morgan fingerprint density at radius 1 is 1.00 bits per heavy atom. The van der Waals surface area contributed by atoms with E-state index in [1.54, 1.807) is 11.8 Å². The molecule has 0 aliphatic rings. The number of hydrogen-bond donors (Lipinski definition) is 2. The van der Waals surface area contributed by atoms with Crippen LogP contribution in [0.2, 0.25) is 0 Å². The van der Waals surface area contributed by atoms with Gasteiger partial charge < -0.3 is 10.7 Å². The number of para-hydroxylation sites is 1. The van der Waals surface area contributed by atoms with Crippen molar-refractivity contribution in [3.05, 3.63) is 54.7 Å². The first-order valence-electron chi connectivity index (χ1n) is 6.56. The van der Waals surface area contributed by atoms with E-state index in [9.17, 15) is 0 Å². The highest BCUT2D eigenvalue weighted by atomic mass is 32.2. The summed E-state index contributed by atoms with van der Waals surface area (Å²) in [7, 11) is 0. The third-order valence-electron chi connectivity index (χ3n) is 3.30. The number of imidazole rings is 1. The quantitative estimate of drug-likeness (QED) is 0.551. The van der Waals surface area contributed by atoms with Gasteiger partial charge in [0.1, 0.15) is 0 Å². The average Bonchev–Trinajstić information content (AvgIpc) is 2.89. The molecule has 5 heteroatoms. The Bertz CT molecular complexity index is 940. The van der Waals surface area contributed by atoms with E-state index >= 15 is 0 Å². The van der Waals surface area contributed by atoms with E-state index in [4.69, 9.17) is 5.73 Å². The second-order valence-corrected chi connectivity index (χ2v) is 5.78. The van der Waals surface area contributed by atoms with Gasteiger partial charge in [-0.15, -0.1) is 0 Å². The number of benzene rings is 2. The first-order chi connectivity index (χ1) is 10.3. The number of nitrogens with two attached hydrogens (primary N) is 1. The van der Waals surface area contributed by atoms with E-state index in [0.717, 1.165) is 37.7 Å². The van der Waals surface area contributed by atoms with Gasteiger partial charge >= 0.3 is 0 Å². The maximum Gasteiger partial charge on any atom is 0.171 e. The monoisotopic (exact) mass is 292 g/mol. The summed E-state index contributed by atoms with van der Waals surface area (Å²) in [5.41, 5.74) is 9.40. The molecule has 0 aliphatic heterocycles. The van der Waals surface area contributed by atoms with Crippen LogP contribution in [-0.4, -0.2) is 15.0 Å². The summed E-state index contributed by atoms with van der Waals surface area (Å²) in [6.07, 6.45) is 1.82. The molecule has 102 valence electrons. The van der Waals surface area contributed by atoms with Crippen molar-refractivity contribution in [3.8, 4) is 0 Å². The first-order valence-corrected chi connectivity index (χ1v) is 7.38. The van der Waals surface area contributed by atoms with Gasteiger partial charge in [-0.3, -0.25) is 4.98 Å². The zero-order valence-corrected chi connectivity index (χ0v) is 11.9. The standard InChI is InChI=1S/C16H12N4S/c17-10-5-6-13-14(9-10)20-16(19-13)21-15-7-8-18-12-4-2-1-3-11(12)15/h1-9H,17H2,(H,19,20). The van der Waals surface area contributed by atoms with Crippen LogP contribution in [0, 0.1) is 0 Å². The van der Waals surface area contributed by atoms with Crippen molar-refractivity contribution in [2.45, 2.75) is 10.1 Å². The van der Waals surface area contributed by atoms with E-state index in [1.807, 2.05) is 48.7 Å². The van der Waals surface area contributed by atoms with Crippen molar-refractivity contribution in [2.24, 2.45) is 0 Å². The van der Waals surface area contributed by atoms with Gasteiger partial charge in [-0.25, -0.2) is 4.98 Å². The van der Waals surface area contributed by atoms with Crippen molar-refractivity contribution in [1.29, 1.82) is 0 Å². The summed E-state index contributed by atoms with van der Waals surface area (Å²) in [6.45, 7) is 0. The summed E-state index contributed by atoms with van der Waals surface area (Å²) >= 11 is 1.60. The molecule has 2 heterocycles. The summed E-state index contributed by atoms with van der Waals surface area (Å²) in [4.78, 5) is 13.4. The van der Waals surface area contributed by atoms with Crippen LogP contribution < -0.4 is 5.73 Å². The zero-order valence-electron chi connectivity index (χ0n) is 11.1. The molecule has 2 aromatic carbocycles. The second kappa shape index (κ2) is 4.79. The number of rotatable bonds is 2. The Morgan fingerprint density at radius 3 is 2.86 bits per heavy atom. The normalized spacial score (nSPS) is 11.2. The van der Waals surface area contributed by atoms with Gasteiger partial charge in [0.05, 0.1) is 16.6 Å². The lowest BCUT2D eigenvalue weighted by Gasteiger charge is -2.02. The Morgan fingerprint density at radius 2 is 1.90 bits per heavy atom. The van der Waals surface area contributed by atoms with Crippen LogP contribution in [0.3, 0.4) is 0 Å². The van der Waals surface area contributed by atoms with E-state index in [1.165, 1.54) is 0 Å². The second-order valence-electron chi connectivity index (χ2n) is 4.75. The molecule has 21 heavy (non-hydrogen) atoms. The number of aromatic nitrogens is 3. The van der Waals surface area contributed by atoms with Gasteiger partial charge in [-0.1, -0.05) is 30.0 Å². The Kier molecular flexibility index (Phi) is 2.79. The Hall–Kier alpha value is -2.53. The SMILES string of the molecule is Nc1ccc2nc(Sc3ccnc4ccccc34)[nH]c2c1. The number of nitrogen functional groups attached to an aromatic ring is 1. The summed E-state index contributed by atoms with van der Waals surface area (Å²) in [5, 5.41) is 1.98. The summed E-state index contributed by atoms with van der Waals surface area (Å²) in [5.74, 6) is 0. The molecule has 4 aromatic rings. The highest BCUT2D eigenvalue weighted by molar-refractivity contribution is 7.99. The molecule has 0 aliphatic carbocycles. The van der Waals surface area contributed by atoms with E-state index in [0.29, 0.717) is 0 Å². The number of nitrogens with zero attached hydrogens (tertiary/aromatic N) is 2. The third kappa shape index (κ3) is 2.21. The molecule has 3 N–H and O–H groups in total. The number of hydrogen-bond acceptors (Lipinski definition) is 4. The van der Waals surface area contributed by atoms with Crippen molar-refractivity contribution in [2.75, 3.05) is 5.73 Å². The van der Waals surface area contributed by atoms with Gasteiger partial charge in [0, 0.05) is 22.2 Å². The van der Waals surface area contributed by atoms with Crippen LogP contribution in [0.5, 0.6) is 0 Å². The van der Waals surface area contributed by atoms with Crippen molar-refractivity contribution >= 4 is 39.4 Å². The molecule has 0 unspecified atom stereocenters. The van der Waals surface area contributed by atoms with Gasteiger partial charge in [0.15, 0.2) is 5.16 Å². The van der Waals surface area contributed by atoms with Crippen molar-refractivity contribution in [3.63, 3.8) is 0 Å². The lowest BCUT2D eigenvalue weighted by atomic mass is 10.2.